The normalized spacial score (nSPS) is 13.7. The number of aryl methyl sites for hydroxylation is 2. The third kappa shape index (κ3) is 3.49. The van der Waals surface area contributed by atoms with Crippen molar-refractivity contribution in [2.24, 2.45) is 0 Å². The third-order valence-electron chi connectivity index (χ3n) is 4.66. The molecular formula is C19H16F2N2O3S. The Morgan fingerprint density at radius 3 is 2.70 bits per heavy atom. The molecule has 4 rings (SSSR count). The molecule has 0 saturated carbocycles. The van der Waals surface area contributed by atoms with Gasteiger partial charge in [0.2, 0.25) is 0 Å². The minimum absolute atomic E-state index is 0.0216. The number of benzene rings is 1. The molecule has 27 heavy (non-hydrogen) atoms. The summed E-state index contributed by atoms with van der Waals surface area (Å²) in [6.45, 7) is -3.07. The summed E-state index contributed by atoms with van der Waals surface area (Å²) in [4.78, 5) is 31.7. The van der Waals surface area contributed by atoms with Crippen LogP contribution in [0.4, 0.5) is 8.78 Å². The van der Waals surface area contributed by atoms with Crippen LogP contribution in [0.1, 0.15) is 33.6 Å². The minimum atomic E-state index is -2.92. The monoisotopic (exact) mass is 390 g/mol. The Bertz CT molecular complexity index is 1060. The fraction of sp³-hybridized carbons (Fsp3) is 0.316. The second kappa shape index (κ2) is 7.19. The molecule has 0 bridgehead atoms. The van der Waals surface area contributed by atoms with Gasteiger partial charge in [0.25, 0.3) is 5.56 Å². The van der Waals surface area contributed by atoms with Crippen molar-refractivity contribution in [3.05, 3.63) is 57.0 Å². The van der Waals surface area contributed by atoms with Crippen molar-refractivity contribution in [3.8, 4) is 5.75 Å². The number of alkyl halides is 2. The first kappa shape index (κ1) is 17.8. The number of ketones is 1. The van der Waals surface area contributed by atoms with Gasteiger partial charge in [0.05, 0.1) is 18.3 Å². The Labute approximate surface area is 157 Å². The van der Waals surface area contributed by atoms with Gasteiger partial charge in [-0.25, -0.2) is 4.98 Å². The van der Waals surface area contributed by atoms with E-state index in [-0.39, 0.29) is 23.6 Å². The molecule has 0 aliphatic heterocycles. The maximum absolute atomic E-state index is 12.9. The van der Waals surface area contributed by atoms with Gasteiger partial charge in [-0.05, 0) is 55.5 Å². The molecule has 0 fully saturated rings. The number of fused-ring (bicyclic) bond motifs is 3. The highest BCUT2D eigenvalue weighted by Gasteiger charge is 2.20. The molecule has 3 aromatic rings. The van der Waals surface area contributed by atoms with Gasteiger partial charge in [0.1, 0.15) is 10.6 Å². The minimum Gasteiger partial charge on any atom is -0.435 e. The van der Waals surface area contributed by atoms with Crippen molar-refractivity contribution >= 4 is 27.3 Å². The van der Waals surface area contributed by atoms with Crippen molar-refractivity contribution < 1.29 is 18.3 Å². The predicted molar refractivity (Wildman–Crippen MR) is 97.9 cm³/mol. The van der Waals surface area contributed by atoms with Crippen molar-refractivity contribution in [1.29, 1.82) is 0 Å². The third-order valence-corrected chi connectivity index (χ3v) is 5.86. The van der Waals surface area contributed by atoms with Gasteiger partial charge in [-0.15, -0.1) is 11.3 Å². The standard InChI is InChI=1S/C19H16F2N2O3S/c20-19(21)26-12-7-5-11(6-8-12)14(24)9-23-10-22-17-16(18(23)25)13-3-1-2-4-15(13)27-17/h5-8,10,19H,1-4,9H2. The lowest BCUT2D eigenvalue weighted by molar-refractivity contribution is -0.0498. The number of carbonyl (C=O) groups is 1. The second-order valence-electron chi connectivity index (χ2n) is 6.39. The van der Waals surface area contributed by atoms with Gasteiger partial charge in [-0.2, -0.15) is 8.78 Å². The topological polar surface area (TPSA) is 61.2 Å². The Morgan fingerprint density at radius 2 is 1.96 bits per heavy atom. The van der Waals surface area contributed by atoms with Crippen LogP contribution in [0, 0.1) is 0 Å². The maximum atomic E-state index is 12.9. The Balaban J connectivity index is 1.60. The summed E-state index contributed by atoms with van der Waals surface area (Å²) in [6, 6.07) is 5.42. The molecule has 0 radical (unpaired) electrons. The van der Waals surface area contributed by atoms with E-state index in [1.807, 2.05) is 0 Å². The zero-order valence-electron chi connectivity index (χ0n) is 14.3. The highest BCUT2D eigenvalue weighted by molar-refractivity contribution is 7.18. The molecule has 1 aromatic carbocycles. The molecule has 2 aromatic heterocycles. The number of halogens is 2. The number of Topliss-reactive ketones (excluding diaryl/α,β-unsaturated/α-hetero) is 1. The molecule has 5 nitrogen and oxygen atoms in total. The SMILES string of the molecule is O=C(Cn1cnc2sc3c(c2c1=O)CCCC3)c1ccc(OC(F)F)cc1. The first-order valence-electron chi connectivity index (χ1n) is 8.60. The molecule has 1 aliphatic carbocycles. The number of rotatable bonds is 5. The number of aromatic nitrogens is 2. The molecule has 0 atom stereocenters. The van der Waals surface area contributed by atoms with E-state index in [4.69, 9.17) is 0 Å². The zero-order valence-corrected chi connectivity index (χ0v) is 15.1. The van der Waals surface area contributed by atoms with Crippen LogP contribution in [0.15, 0.2) is 35.4 Å². The molecule has 1 aliphatic rings. The predicted octanol–water partition coefficient (Wildman–Crippen LogP) is 3.82. The van der Waals surface area contributed by atoms with Crippen LogP contribution < -0.4 is 10.3 Å². The molecular weight excluding hydrogens is 374 g/mol. The first-order valence-corrected chi connectivity index (χ1v) is 9.42. The van der Waals surface area contributed by atoms with Crippen LogP contribution in [0.5, 0.6) is 5.75 Å². The second-order valence-corrected chi connectivity index (χ2v) is 7.48. The largest absolute Gasteiger partial charge is 0.435 e. The maximum Gasteiger partial charge on any atom is 0.387 e. The molecule has 0 N–H and O–H groups in total. The highest BCUT2D eigenvalue weighted by atomic mass is 32.1. The number of carbonyl (C=O) groups excluding carboxylic acids is 1. The number of nitrogens with zero attached hydrogens (tertiary/aromatic N) is 2. The fourth-order valence-electron chi connectivity index (χ4n) is 3.36. The van der Waals surface area contributed by atoms with E-state index in [1.165, 1.54) is 40.0 Å². The Morgan fingerprint density at radius 1 is 1.22 bits per heavy atom. The van der Waals surface area contributed by atoms with Crippen LogP contribution in [0.3, 0.4) is 0 Å². The molecule has 0 amide bonds. The summed E-state index contributed by atoms with van der Waals surface area (Å²) in [5, 5.41) is 0.630. The fourth-order valence-corrected chi connectivity index (χ4v) is 4.58. The van der Waals surface area contributed by atoms with Gasteiger partial charge in [0.15, 0.2) is 5.78 Å². The Kier molecular flexibility index (Phi) is 4.73. The molecule has 2 heterocycles. The molecule has 140 valence electrons. The smallest absolute Gasteiger partial charge is 0.387 e. The number of thiophene rings is 1. The summed E-state index contributed by atoms with van der Waals surface area (Å²) in [6.07, 6.45) is 5.42. The van der Waals surface area contributed by atoms with Gasteiger partial charge in [-0.1, -0.05) is 0 Å². The van der Waals surface area contributed by atoms with E-state index in [1.54, 1.807) is 11.3 Å². The van der Waals surface area contributed by atoms with Crippen LogP contribution in [-0.4, -0.2) is 21.9 Å². The van der Waals surface area contributed by atoms with Crippen LogP contribution in [0.2, 0.25) is 0 Å². The molecule has 8 heteroatoms. The van der Waals surface area contributed by atoms with E-state index in [9.17, 15) is 18.4 Å². The van der Waals surface area contributed by atoms with Gasteiger partial charge >= 0.3 is 6.61 Å². The van der Waals surface area contributed by atoms with E-state index in [2.05, 4.69) is 9.72 Å². The lowest BCUT2D eigenvalue weighted by atomic mass is 9.97. The van der Waals surface area contributed by atoms with Crippen molar-refractivity contribution in [2.75, 3.05) is 0 Å². The average Bonchev–Trinajstić information content (AvgIpc) is 3.03. The highest BCUT2D eigenvalue weighted by Crippen LogP contribution is 2.33. The Hall–Kier alpha value is -2.61. The number of ether oxygens (including phenoxy) is 1. The summed E-state index contributed by atoms with van der Waals surface area (Å²) in [7, 11) is 0. The lowest BCUT2D eigenvalue weighted by Crippen LogP contribution is -2.25. The van der Waals surface area contributed by atoms with Crippen molar-refractivity contribution in [2.45, 2.75) is 38.8 Å². The number of hydrogen-bond donors (Lipinski definition) is 0. The van der Waals surface area contributed by atoms with E-state index >= 15 is 0 Å². The van der Waals surface area contributed by atoms with Crippen molar-refractivity contribution in [3.63, 3.8) is 0 Å². The summed E-state index contributed by atoms with van der Waals surface area (Å²) in [5.41, 5.74) is 1.19. The summed E-state index contributed by atoms with van der Waals surface area (Å²) < 4.78 is 30.0. The van der Waals surface area contributed by atoms with Crippen LogP contribution in [0.25, 0.3) is 10.2 Å². The number of hydrogen-bond acceptors (Lipinski definition) is 5. The van der Waals surface area contributed by atoms with E-state index in [0.717, 1.165) is 36.1 Å². The molecule has 0 spiro atoms. The van der Waals surface area contributed by atoms with Gasteiger partial charge in [-0.3, -0.25) is 14.2 Å². The van der Waals surface area contributed by atoms with Gasteiger partial charge in [0, 0.05) is 10.4 Å². The summed E-state index contributed by atoms with van der Waals surface area (Å²) in [5.74, 6) is -0.322. The molecule has 0 unspecified atom stereocenters. The average molecular weight is 390 g/mol. The van der Waals surface area contributed by atoms with E-state index in [0.29, 0.717) is 10.9 Å². The first-order chi connectivity index (χ1) is 13.0. The quantitative estimate of drug-likeness (QED) is 0.622. The molecule has 0 saturated heterocycles. The lowest BCUT2D eigenvalue weighted by Gasteiger charge is -2.10. The van der Waals surface area contributed by atoms with Crippen molar-refractivity contribution in [1.82, 2.24) is 9.55 Å². The van der Waals surface area contributed by atoms with Crippen LogP contribution >= 0.6 is 11.3 Å². The van der Waals surface area contributed by atoms with Crippen LogP contribution in [-0.2, 0) is 19.4 Å². The zero-order chi connectivity index (χ0) is 19.0. The summed E-state index contributed by atoms with van der Waals surface area (Å²) >= 11 is 1.56. The van der Waals surface area contributed by atoms with E-state index < -0.39 is 6.61 Å². The van der Waals surface area contributed by atoms with Gasteiger partial charge < -0.3 is 4.74 Å².